The fraction of sp³-hybridized carbons (Fsp3) is 0.188. The number of rotatable bonds is 5. The molecule has 20 heavy (non-hydrogen) atoms. The number of hydrogen-bond acceptors (Lipinski definition) is 1. The van der Waals surface area contributed by atoms with Gasteiger partial charge in [0, 0.05) is 11.0 Å². The van der Waals surface area contributed by atoms with E-state index in [1.807, 2.05) is 54.6 Å². The van der Waals surface area contributed by atoms with E-state index in [0.29, 0.717) is 13.0 Å². The summed E-state index contributed by atoms with van der Waals surface area (Å²) in [7, 11) is 0. The molecule has 1 amide bonds. The predicted molar refractivity (Wildman–Crippen MR) is 85.9 cm³/mol. The van der Waals surface area contributed by atoms with Crippen molar-refractivity contribution in [3.05, 3.63) is 70.2 Å². The van der Waals surface area contributed by atoms with Crippen LogP contribution in [-0.2, 0) is 11.2 Å². The van der Waals surface area contributed by atoms with Crippen LogP contribution in [0.2, 0.25) is 0 Å². The lowest BCUT2D eigenvalue weighted by atomic mass is 10.1. The number of alkyl halides is 1. The second-order valence-electron chi connectivity index (χ2n) is 4.49. The monoisotopic (exact) mass is 351 g/mol. The Kier molecular flexibility index (Phi) is 5.62. The van der Waals surface area contributed by atoms with Gasteiger partial charge < -0.3 is 5.32 Å². The molecule has 4 heteroatoms. The maximum atomic E-state index is 11.9. The highest BCUT2D eigenvalue weighted by Gasteiger charge is 2.09. The Morgan fingerprint density at radius 2 is 1.75 bits per heavy atom. The summed E-state index contributed by atoms with van der Waals surface area (Å²) in [6.07, 6.45) is 0.367. The molecule has 0 aliphatic carbocycles. The van der Waals surface area contributed by atoms with E-state index in [2.05, 4.69) is 21.2 Å². The smallest absolute Gasteiger partial charge is 0.224 e. The fourth-order valence-electron chi connectivity index (χ4n) is 1.83. The summed E-state index contributed by atoms with van der Waals surface area (Å²) in [6, 6.07) is 17.4. The first-order valence-corrected chi connectivity index (χ1v) is 7.58. The normalized spacial score (nSPS) is 11.9. The van der Waals surface area contributed by atoms with Gasteiger partial charge in [-0.2, -0.15) is 0 Å². The number of benzene rings is 2. The maximum Gasteiger partial charge on any atom is 0.224 e. The minimum atomic E-state index is -0.204. The van der Waals surface area contributed by atoms with Gasteiger partial charge in [-0.15, -0.1) is 11.6 Å². The molecule has 0 aliphatic rings. The van der Waals surface area contributed by atoms with Gasteiger partial charge in [-0.05, 0) is 23.3 Å². The van der Waals surface area contributed by atoms with E-state index in [-0.39, 0.29) is 11.3 Å². The Morgan fingerprint density at radius 1 is 1.10 bits per heavy atom. The van der Waals surface area contributed by atoms with Gasteiger partial charge in [-0.3, -0.25) is 4.79 Å². The van der Waals surface area contributed by atoms with Crippen molar-refractivity contribution in [3.63, 3.8) is 0 Å². The third-order valence-electron chi connectivity index (χ3n) is 2.92. The average Bonchev–Trinajstić information content (AvgIpc) is 2.48. The van der Waals surface area contributed by atoms with E-state index >= 15 is 0 Å². The van der Waals surface area contributed by atoms with Crippen LogP contribution in [0, 0.1) is 0 Å². The number of hydrogen-bond donors (Lipinski definition) is 1. The standard InChI is InChI=1S/C16H15BrClNO/c17-14-8-6-12(7-9-14)10-16(20)19-11-15(18)13-4-2-1-3-5-13/h1-9,15H,10-11H2,(H,19,20). The van der Waals surface area contributed by atoms with Crippen LogP contribution in [-0.4, -0.2) is 12.5 Å². The SMILES string of the molecule is O=C(Cc1ccc(Br)cc1)NCC(Cl)c1ccccc1. The molecule has 104 valence electrons. The molecule has 1 N–H and O–H groups in total. The zero-order valence-corrected chi connectivity index (χ0v) is 13.2. The van der Waals surface area contributed by atoms with Crippen LogP contribution >= 0.6 is 27.5 Å². The van der Waals surface area contributed by atoms with Gasteiger partial charge in [0.15, 0.2) is 0 Å². The van der Waals surface area contributed by atoms with E-state index in [0.717, 1.165) is 15.6 Å². The minimum absolute atomic E-state index is 0.0195. The highest BCUT2D eigenvalue weighted by molar-refractivity contribution is 9.10. The van der Waals surface area contributed by atoms with Crippen molar-refractivity contribution in [2.75, 3.05) is 6.54 Å². The van der Waals surface area contributed by atoms with E-state index in [9.17, 15) is 4.79 Å². The van der Waals surface area contributed by atoms with Gasteiger partial charge in [0.1, 0.15) is 0 Å². The average molecular weight is 353 g/mol. The highest BCUT2D eigenvalue weighted by atomic mass is 79.9. The lowest BCUT2D eigenvalue weighted by molar-refractivity contribution is -0.120. The zero-order chi connectivity index (χ0) is 14.4. The molecule has 2 nitrogen and oxygen atoms in total. The van der Waals surface area contributed by atoms with Crippen molar-refractivity contribution >= 4 is 33.4 Å². The molecule has 0 saturated carbocycles. The summed E-state index contributed by atoms with van der Waals surface area (Å²) >= 11 is 9.62. The van der Waals surface area contributed by atoms with Crippen LogP contribution in [0.1, 0.15) is 16.5 Å². The number of carbonyl (C=O) groups excluding carboxylic acids is 1. The molecular weight excluding hydrogens is 338 g/mol. The Balaban J connectivity index is 1.82. The van der Waals surface area contributed by atoms with Gasteiger partial charge in [-0.25, -0.2) is 0 Å². The molecule has 0 saturated heterocycles. The van der Waals surface area contributed by atoms with Crippen molar-refractivity contribution in [2.45, 2.75) is 11.8 Å². The second-order valence-corrected chi connectivity index (χ2v) is 5.93. The maximum absolute atomic E-state index is 11.9. The number of halogens is 2. The third-order valence-corrected chi connectivity index (χ3v) is 3.85. The Hall–Kier alpha value is -1.32. The molecule has 2 rings (SSSR count). The topological polar surface area (TPSA) is 29.1 Å². The van der Waals surface area contributed by atoms with Crippen LogP contribution < -0.4 is 5.32 Å². The second kappa shape index (κ2) is 7.46. The van der Waals surface area contributed by atoms with E-state index < -0.39 is 0 Å². The number of nitrogens with one attached hydrogen (secondary N) is 1. The van der Waals surface area contributed by atoms with E-state index in [4.69, 9.17) is 11.6 Å². The van der Waals surface area contributed by atoms with Gasteiger partial charge in [-0.1, -0.05) is 58.4 Å². The van der Waals surface area contributed by atoms with Crippen molar-refractivity contribution in [2.24, 2.45) is 0 Å². The summed E-state index contributed by atoms with van der Waals surface area (Å²) in [4.78, 5) is 11.9. The van der Waals surface area contributed by atoms with Gasteiger partial charge in [0.05, 0.1) is 11.8 Å². The Bertz CT molecular complexity index is 556. The van der Waals surface area contributed by atoms with Crippen molar-refractivity contribution in [3.8, 4) is 0 Å². The van der Waals surface area contributed by atoms with E-state index in [1.54, 1.807) is 0 Å². The molecule has 0 radical (unpaired) electrons. The molecule has 1 atom stereocenters. The van der Waals surface area contributed by atoms with Crippen LogP contribution in [0.4, 0.5) is 0 Å². The Labute approximate surface area is 132 Å². The van der Waals surface area contributed by atoms with Crippen LogP contribution in [0.25, 0.3) is 0 Å². The third kappa shape index (κ3) is 4.66. The first-order valence-electron chi connectivity index (χ1n) is 6.35. The van der Waals surface area contributed by atoms with Crippen molar-refractivity contribution in [1.82, 2.24) is 5.32 Å². The molecule has 0 spiro atoms. The van der Waals surface area contributed by atoms with Crippen molar-refractivity contribution in [1.29, 1.82) is 0 Å². The first kappa shape index (κ1) is 15.1. The molecule has 0 heterocycles. The summed E-state index contributed by atoms with van der Waals surface area (Å²) in [5.41, 5.74) is 2.00. The summed E-state index contributed by atoms with van der Waals surface area (Å²) in [5, 5.41) is 2.66. The summed E-state index contributed by atoms with van der Waals surface area (Å²) in [5.74, 6) is -0.0195. The number of amides is 1. The van der Waals surface area contributed by atoms with E-state index in [1.165, 1.54) is 0 Å². The molecule has 2 aromatic carbocycles. The first-order chi connectivity index (χ1) is 9.65. The minimum Gasteiger partial charge on any atom is -0.354 e. The Morgan fingerprint density at radius 3 is 2.40 bits per heavy atom. The molecule has 0 aliphatic heterocycles. The fourth-order valence-corrected chi connectivity index (χ4v) is 2.32. The zero-order valence-electron chi connectivity index (χ0n) is 10.9. The molecule has 0 fully saturated rings. The van der Waals surface area contributed by atoms with Crippen LogP contribution in [0.3, 0.4) is 0 Å². The largest absolute Gasteiger partial charge is 0.354 e. The van der Waals surface area contributed by atoms with Crippen molar-refractivity contribution < 1.29 is 4.79 Å². The quantitative estimate of drug-likeness (QED) is 0.807. The lowest BCUT2D eigenvalue weighted by Crippen LogP contribution is -2.28. The predicted octanol–water partition coefficient (Wildman–Crippen LogP) is 4.09. The molecule has 2 aromatic rings. The summed E-state index contributed by atoms with van der Waals surface area (Å²) in [6.45, 7) is 0.431. The van der Waals surface area contributed by atoms with Crippen LogP contribution in [0.15, 0.2) is 59.1 Å². The highest BCUT2D eigenvalue weighted by Crippen LogP contribution is 2.18. The summed E-state index contributed by atoms with van der Waals surface area (Å²) < 4.78 is 1.01. The van der Waals surface area contributed by atoms with Crippen LogP contribution in [0.5, 0.6) is 0 Å². The molecule has 1 unspecified atom stereocenters. The number of carbonyl (C=O) groups is 1. The molecule has 0 bridgehead atoms. The van der Waals surface area contributed by atoms with Gasteiger partial charge in [0.2, 0.25) is 5.91 Å². The molecule has 0 aromatic heterocycles. The lowest BCUT2D eigenvalue weighted by Gasteiger charge is -2.11. The van der Waals surface area contributed by atoms with Gasteiger partial charge in [0.25, 0.3) is 0 Å². The molecular formula is C16H15BrClNO. The van der Waals surface area contributed by atoms with Gasteiger partial charge >= 0.3 is 0 Å².